The zero-order valence-electron chi connectivity index (χ0n) is 7.30. The molecular weight excluding hydrogens is 174 g/mol. The summed E-state index contributed by atoms with van der Waals surface area (Å²) in [6.07, 6.45) is 0.882. The summed E-state index contributed by atoms with van der Waals surface area (Å²) in [5, 5.41) is 0. The van der Waals surface area contributed by atoms with Crippen LogP contribution in [0.25, 0.3) is 0 Å². The highest BCUT2D eigenvalue weighted by Gasteiger charge is 2.06. The van der Waals surface area contributed by atoms with Crippen LogP contribution in [0.3, 0.4) is 0 Å². The minimum absolute atomic E-state index is 0.578. The second kappa shape index (κ2) is 3.76. The molecule has 0 radical (unpaired) electrons. The number of carbonyl (C=O) groups excluding carboxylic acids is 1. The van der Waals surface area contributed by atoms with E-state index in [4.69, 9.17) is 11.6 Å². The van der Waals surface area contributed by atoms with Crippen molar-refractivity contribution in [2.45, 2.75) is 20.4 Å². The fraction of sp³-hybridized carbons (Fsp3) is 0.444. The first-order chi connectivity index (χ1) is 5.70. The maximum absolute atomic E-state index is 10.6. The second-order valence-corrected chi connectivity index (χ2v) is 3.16. The fourth-order valence-electron chi connectivity index (χ4n) is 1.38. The van der Waals surface area contributed by atoms with Crippen molar-refractivity contribution >= 4 is 17.9 Å². The third-order valence-electron chi connectivity index (χ3n) is 2.05. The number of rotatable bonds is 3. The lowest BCUT2D eigenvalue weighted by molar-refractivity contribution is 0.112. The largest absolute Gasteiger partial charge is 0.347 e. The van der Waals surface area contributed by atoms with Gasteiger partial charge in [0.25, 0.3) is 0 Å². The highest BCUT2D eigenvalue weighted by Crippen LogP contribution is 2.12. The Kier molecular flexibility index (Phi) is 2.93. The molecule has 12 heavy (non-hydrogen) atoms. The molecule has 0 saturated carbocycles. The number of hydrogen-bond acceptors (Lipinski definition) is 1. The summed E-state index contributed by atoms with van der Waals surface area (Å²) in [5.41, 5.74) is 2.86. The van der Waals surface area contributed by atoms with Crippen LogP contribution in [0.1, 0.15) is 21.7 Å². The standard InChI is InChI=1S/C9H12ClNO/c1-7-5-9(6-12)8(2)11(7)4-3-10/h5-6H,3-4H2,1-2H3. The number of halogens is 1. The van der Waals surface area contributed by atoms with Gasteiger partial charge in [-0.1, -0.05) is 0 Å². The van der Waals surface area contributed by atoms with Gasteiger partial charge >= 0.3 is 0 Å². The zero-order valence-corrected chi connectivity index (χ0v) is 8.06. The number of hydrogen-bond donors (Lipinski definition) is 0. The van der Waals surface area contributed by atoms with Gasteiger partial charge in [-0.2, -0.15) is 0 Å². The van der Waals surface area contributed by atoms with Crippen molar-refractivity contribution in [3.63, 3.8) is 0 Å². The summed E-state index contributed by atoms with van der Waals surface area (Å²) in [4.78, 5) is 10.6. The Hall–Kier alpha value is -0.760. The summed E-state index contributed by atoms with van der Waals surface area (Å²) in [5.74, 6) is 0.578. The van der Waals surface area contributed by atoms with Gasteiger partial charge < -0.3 is 4.57 Å². The minimum atomic E-state index is 0.578. The molecule has 1 aromatic rings. The van der Waals surface area contributed by atoms with E-state index in [1.807, 2.05) is 19.9 Å². The fourth-order valence-corrected chi connectivity index (χ4v) is 1.54. The van der Waals surface area contributed by atoms with Gasteiger partial charge in [0.1, 0.15) is 0 Å². The summed E-state index contributed by atoms with van der Waals surface area (Å²) in [6.45, 7) is 4.68. The Morgan fingerprint density at radius 2 is 2.25 bits per heavy atom. The second-order valence-electron chi connectivity index (χ2n) is 2.78. The number of aromatic nitrogens is 1. The van der Waals surface area contributed by atoms with Crippen LogP contribution in [-0.4, -0.2) is 16.7 Å². The lowest BCUT2D eigenvalue weighted by Gasteiger charge is -2.05. The Labute approximate surface area is 77.1 Å². The van der Waals surface area contributed by atoms with Crippen LogP contribution in [0.2, 0.25) is 0 Å². The van der Waals surface area contributed by atoms with E-state index in [1.165, 1.54) is 0 Å². The highest BCUT2D eigenvalue weighted by atomic mass is 35.5. The first kappa shape index (κ1) is 9.33. The van der Waals surface area contributed by atoms with Crippen LogP contribution in [0.15, 0.2) is 6.07 Å². The van der Waals surface area contributed by atoms with Gasteiger partial charge in [-0.3, -0.25) is 4.79 Å². The van der Waals surface area contributed by atoms with Crippen LogP contribution in [-0.2, 0) is 6.54 Å². The number of alkyl halides is 1. The molecule has 2 nitrogen and oxygen atoms in total. The van der Waals surface area contributed by atoms with E-state index in [-0.39, 0.29) is 0 Å². The topological polar surface area (TPSA) is 22.0 Å². The molecule has 0 unspecified atom stereocenters. The minimum Gasteiger partial charge on any atom is -0.347 e. The van der Waals surface area contributed by atoms with E-state index in [2.05, 4.69) is 4.57 Å². The van der Waals surface area contributed by atoms with Crippen molar-refractivity contribution in [2.75, 3.05) is 5.88 Å². The lowest BCUT2D eigenvalue weighted by Crippen LogP contribution is -2.03. The summed E-state index contributed by atoms with van der Waals surface area (Å²) < 4.78 is 2.05. The molecule has 0 spiro atoms. The van der Waals surface area contributed by atoms with E-state index in [0.29, 0.717) is 5.88 Å². The molecule has 1 rings (SSSR count). The average Bonchev–Trinajstić information content (AvgIpc) is 2.32. The molecule has 0 aromatic carbocycles. The van der Waals surface area contributed by atoms with Gasteiger partial charge in [-0.25, -0.2) is 0 Å². The van der Waals surface area contributed by atoms with Gasteiger partial charge in [0.05, 0.1) is 0 Å². The Balaban J connectivity index is 3.09. The molecule has 0 aliphatic carbocycles. The van der Waals surface area contributed by atoms with Gasteiger partial charge in [-0.05, 0) is 19.9 Å². The molecular formula is C9H12ClNO. The van der Waals surface area contributed by atoms with Crippen LogP contribution in [0.5, 0.6) is 0 Å². The van der Waals surface area contributed by atoms with E-state index >= 15 is 0 Å². The summed E-state index contributed by atoms with van der Waals surface area (Å²) in [7, 11) is 0. The maximum Gasteiger partial charge on any atom is 0.151 e. The average molecular weight is 186 g/mol. The molecule has 0 saturated heterocycles. The van der Waals surface area contributed by atoms with E-state index in [0.717, 1.165) is 29.8 Å². The van der Waals surface area contributed by atoms with Crippen LogP contribution in [0, 0.1) is 13.8 Å². The SMILES string of the molecule is Cc1cc(C=O)c(C)n1CCCl. The molecule has 0 aliphatic rings. The van der Waals surface area contributed by atoms with Crippen LogP contribution < -0.4 is 0 Å². The van der Waals surface area contributed by atoms with Crippen molar-refractivity contribution in [3.8, 4) is 0 Å². The van der Waals surface area contributed by atoms with Crippen molar-refractivity contribution in [1.29, 1.82) is 0 Å². The molecule has 0 aliphatic heterocycles. The maximum atomic E-state index is 10.6. The van der Waals surface area contributed by atoms with Gasteiger partial charge in [0, 0.05) is 29.4 Å². The first-order valence-corrected chi connectivity index (χ1v) is 4.42. The lowest BCUT2D eigenvalue weighted by atomic mass is 10.3. The van der Waals surface area contributed by atoms with Crippen molar-refractivity contribution in [2.24, 2.45) is 0 Å². The Morgan fingerprint density at radius 1 is 1.58 bits per heavy atom. The third-order valence-corrected chi connectivity index (χ3v) is 2.22. The van der Waals surface area contributed by atoms with Crippen LogP contribution in [0.4, 0.5) is 0 Å². The number of carbonyl (C=O) groups is 1. The predicted molar refractivity (Wildman–Crippen MR) is 50.0 cm³/mol. The molecule has 66 valence electrons. The van der Waals surface area contributed by atoms with Crippen molar-refractivity contribution in [3.05, 3.63) is 23.0 Å². The predicted octanol–water partition coefficient (Wildman–Crippen LogP) is 2.16. The summed E-state index contributed by atoms with van der Waals surface area (Å²) >= 11 is 5.62. The highest BCUT2D eigenvalue weighted by molar-refractivity contribution is 6.17. The normalized spacial score (nSPS) is 10.2. The summed E-state index contributed by atoms with van der Waals surface area (Å²) in [6, 6.07) is 1.88. The van der Waals surface area contributed by atoms with Gasteiger partial charge in [-0.15, -0.1) is 11.6 Å². The molecule has 0 N–H and O–H groups in total. The first-order valence-electron chi connectivity index (χ1n) is 3.88. The van der Waals surface area contributed by atoms with Crippen molar-refractivity contribution in [1.82, 2.24) is 4.57 Å². The molecule has 3 heteroatoms. The molecule has 0 bridgehead atoms. The molecule has 1 heterocycles. The Bertz CT molecular complexity index is 291. The Morgan fingerprint density at radius 3 is 2.67 bits per heavy atom. The number of aryl methyl sites for hydroxylation is 1. The number of nitrogens with zero attached hydrogens (tertiary/aromatic N) is 1. The number of aldehydes is 1. The quantitative estimate of drug-likeness (QED) is 0.523. The molecule has 0 fully saturated rings. The third kappa shape index (κ3) is 1.53. The molecule has 1 aromatic heterocycles. The molecule has 0 atom stereocenters. The van der Waals surface area contributed by atoms with Crippen molar-refractivity contribution < 1.29 is 4.79 Å². The van der Waals surface area contributed by atoms with E-state index < -0.39 is 0 Å². The smallest absolute Gasteiger partial charge is 0.151 e. The van der Waals surface area contributed by atoms with Gasteiger partial charge in [0.2, 0.25) is 0 Å². The monoisotopic (exact) mass is 185 g/mol. The zero-order chi connectivity index (χ0) is 9.14. The van der Waals surface area contributed by atoms with E-state index in [9.17, 15) is 4.79 Å². The van der Waals surface area contributed by atoms with E-state index in [1.54, 1.807) is 0 Å². The van der Waals surface area contributed by atoms with Gasteiger partial charge in [0.15, 0.2) is 6.29 Å². The molecule has 0 amide bonds. The van der Waals surface area contributed by atoms with Crippen LogP contribution >= 0.6 is 11.6 Å².